The standard InChI is InChI=1S/C22H38N6/c1-19-9-4-7-13-27(19)16-8-11-25-22(23-2)26-18-20-10-12-24-21(17-20)28-14-5-3-6-15-28/h10,12,17,19H,3-9,11,13-16,18H2,1-2H3,(H2,23,25,26). The predicted molar refractivity (Wildman–Crippen MR) is 118 cm³/mol. The fourth-order valence-electron chi connectivity index (χ4n) is 4.25. The Hall–Kier alpha value is -1.82. The molecule has 0 aromatic carbocycles. The summed E-state index contributed by atoms with van der Waals surface area (Å²) in [5, 5.41) is 6.90. The number of pyridine rings is 1. The molecule has 0 radical (unpaired) electrons. The van der Waals surface area contributed by atoms with Crippen LogP contribution in [-0.4, -0.2) is 61.7 Å². The molecule has 0 spiro atoms. The van der Waals surface area contributed by atoms with E-state index in [2.05, 4.69) is 49.5 Å². The number of nitrogens with one attached hydrogen (secondary N) is 2. The van der Waals surface area contributed by atoms with Gasteiger partial charge in [0.15, 0.2) is 5.96 Å². The Morgan fingerprint density at radius 2 is 1.96 bits per heavy atom. The fourth-order valence-corrected chi connectivity index (χ4v) is 4.25. The number of likely N-dealkylation sites (tertiary alicyclic amines) is 1. The summed E-state index contributed by atoms with van der Waals surface area (Å²) in [7, 11) is 1.84. The van der Waals surface area contributed by atoms with Gasteiger partial charge in [0.25, 0.3) is 0 Å². The smallest absolute Gasteiger partial charge is 0.191 e. The van der Waals surface area contributed by atoms with Crippen LogP contribution in [0.15, 0.2) is 23.3 Å². The van der Waals surface area contributed by atoms with Crippen molar-refractivity contribution < 1.29 is 0 Å². The van der Waals surface area contributed by atoms with Gasteiger partial charge in [-0.05, 0) is 69.7 Å². The minimum atomic E-state index is 0.743. The van der Waals surface area contributed by atoms with E-state index in [1.165, 1.54) is 57.2 Å². The summed E-state index contributed by atoms with van der Waals surface area (Å²) in [4.78, 5) is 14.0. The van der Waals surface area contributed by atoms with E-state index in [9.17, 15) is 0 Å². The Morgan fingerprint density at radius 1 is 1.14 bits per heavy atom. The maximum Gasteiger partial charge on any atom is 0.191 e. The number of guanidine groups is 1. The van der Waals surface area contributed by atoms with Crippen LogP contribution >= 0.6 is 0 Å². The third kappa shape index (κ3) is 6.36. The van der Waals surface area contributed by atoms with E-state index in [0.717, 1.165) is 50.4 Å². The van der Waals surface area contributed by atoms with Crippen molar-refractivity contribution in [1.82, 2.24) is 20.5 Å². The average molecular weight is 387 g/mol. The molecule has 0 saturated carbocycles. The summed E-state index contributed by atoms with van der Waals surface area (Å²) in [6, 6.07) is 5.04. The zero-order valence-corrected chi connectivity index (χ0v) is 17.8. The van der Waals surface area contributed by atoms with Crippen molar-refractivity contribution in [3.63, 3.8) is 0 Å². The summed E-state index contributed by atoms with van der Waals surface area (Å²) in [5.74, 6) is 1.99. The molecule has 3 heterocycles. The quantitative estimate of drug-likeness (QED) is 0.429. The normalized spacial score (nSPS) is 21.6. The van der Waals surface area contributed by atoms with Gasteiger partial charge in [-0.1, -0.05) is 6.42 Å². The second-order valence-corrected chi connectivity index (χ2v) is 8.16. The van der Waals surface area contributed by atoms with Crippen molar-refractivity contribution in [3.05, 3.63) is 23.9 Å². The molecule has 156 valence electrons. The molecule has 2 saturated heterocycles. The van der Waals surface area contributed by atoms with Crippen LogP contribution in [0.3, 0.4) is 0 Å². The van der Waals surface area contributed by atoms with Gasteiger partial charge in [0.2, 0.25) is 0 Å². The molecule has 2 fully saturated rings. The van der Waals surface area contributed by atoms with Crippen LogP contribution in [0.4, 0.5) is 5.82 Å². The van der Waals surface area contributed by atoms with Gasteiger partial charge in [-0.2, -0.15) is 0 Å². The molecule has 28 heavy (non-hydrogen) atoms. The zero-order valence-electron chi connectivity index (χ0n) is 17.8. The van der Waals surface area contributed by atoms with Crippen LogP contribution in [0.1, 0.15) is 57.4 Å². The van der Waals surface area contributed by atoms with E-state index in [-0.39, 0.29) is 0 Å². The maximum atomic E-state index is 4.57. The molecule has 2 N–H and O–H groups in total. The summed E-state index contributed by atoms with van der Waals surface area (Å²) in [6.45, 7) is 8.78. The van der Waals surface area contributed by atoms with Gasteiger partial charge in [0.1, 0.15) is 5.82 Å². The van der Waals surface area contributed by atoms with Crippen LogP contribution in [0.2, 0.25) is 0 Å². The Bertz CT molecular complexity index is 611. The fraction of sp³-hybridized carbons (Fsp3) is 0.727. The molecule has 6 heteroatoms. The molecule has 3 rings (SSSR count). The average Bonchev–Trinajstić information content (AvgIpc) is 2.75. The first kappa shape index (κ1) is 20.9. The number of anilines is 1. The number of aliphatic imine (C=N–C) groups is 1. The highest BCUT2D eigenvalue weighted by atomic mass is 15.2. The molecule has 2 aliphatic rings. The molecule has 1 aromatic heterocycles. The molecular formula is C22H38N6. The molecular weight excluding hydrogens is 348 g/mol. The van der Waals surface area contributed by atoms with Crippen molar-refractivity contribution in [2.75, 3.05) is 44.7 Å². The molecule has 6 nitrogen and oxygen atoms in total. The summed E-state index contributed by atoms with van der Waals surface area (Å²) >= 11 is 0. The Labute approximate surface area is 170 Å². The maximum absolute atomic E-state index is 4.57. The van der Waals surface area contributed by atoms with Gasteiger partial charge >= 0.3 is 0 Å². The molecule has 1 atom stereocenters. The number of piperidine rings is 2. The third-order valence-corrected chi connectivity index (χ3v) is 6.03. The number of hydrogen-bond donors (Lipinski definition) is 2. The largest absolute Gasteiger partial charge is 0.357 e. The van der Waals surface area contributed by atoms with E-state index in [1.807, 2.05) is 13.2 Å². The summed E-state index contributed by atoms with van der Waals surface area (Å²) in [5.41, 5.74) is 1.25. The first-order chi connectivity index (χ1) is 13.8. The zero-order chi connectivity index (χ0) is 19.6. The van der Waals surface area contributed by atoms with Gasteiger partial charge in [-0.25, -0.2) is 4.98 Å². The van der Waals surface area contributed by atoms with E-state index in [1.54, 1.807) is 0 Å². The molecule has 1 aromatic rings. The van der Waals surface area contributed by atoms with Crippen molar-refractivity contribution in [3.8, 4) is 0 Å². The van der Waals surface area contributed by atoms with Gasteiger partial charge in [-0.3, -0.25) is 4.99 Å². The minimum absolute atomic E-state index is 0.743. The van der Waals surface area contributed by atoms with Crippen LogP contribution in [-0.2, 0) is 6.54 Å². The molecule has 0 aliphatic carbocycles. The van der Waals surface area contributed by atoms with Gasteiger partial charge in [0.05, 0.1) is 0 Å². The van der Waals surface area contributed by atoms with Crippen molar-refractivity contribution >= 4 is 11.8 Å². The minimum Gasteiger partial charge on any atom is -0.357 e. The monoisotopic (exact) mass is 386 g/mol. The van der Waals surface area contributed by atoms with Crippen molar-refractivity contribution in [2.45, 2.75) is 64.5 Å². The first-order valence-electron chi connectivity index (χ1n) is 11.1. The molecule has 1 unspecified atom stereocenters. The van der Waals surface area contributed by atoms with Crippen LogP contribution < -0.4 is 15.5 Å². The SMILES string of the molecule is CN=C(NCCCN1CCCCC1C)NCc1ccnc(N2CCCCC2)c1. The highest BCUT2D eigenvalue weighted by Crippen LogP contribution is 2.18. The van der Waals surface area contributed by atoms with Gasteiger partial charge in [0, 0.05) is 52.0 Å². The number of nitrogens with zero attached hydrogens (tertiary/aromatic N) is 4. The Morgan fingerprint density at radius 3 is 2.75 bits per heavy atom. The van der Waals surface area contributed by atoms with Crippen molar-refractivity contribution in [1.29, 1.82) is 0 Å². The van der Waals surface area contributed by atoms with E-state index in [0.29, 0.717) is 0 Å². The lowest BCUT2D eigenvalue weighted by Crippen LogP contribution is -2.41. The summed E-state index contributed by atoms with van der Waals surface area (Å²) in [6.07, 6.45) is 11.1. The lowest BCUT2D eigenvalue weighted by molar-refractivity contribution is 0.159. The van der Waals surface area contributed by atoms with Crippen LogP contribution in [0.5, 0.6) is 0 Å². The van der Waals surface area contributed by atoms with E-state index in [4.69, 9.17) is 0 Å². The molecule has 2 aliphatic heterocycles. The highest BCUT2D eigenvalue weighted by Gasteiger charge is 2.17. The number of hydrogen-bond acceptors (Lipinski definition) is 4. The predicted octanol–water partition coefficient (Wildman–Crippen LogP) is 3.00. The Kier molecular flexibility index (Phi) is 8.40. The number of aromatic nitrogens is 1. The van der Waals surface area contributed by atoms with Gasteiger partial charge < -0.3 is 20.4 Å². The molecule has 0 bridgehead atoms. The van der Waals surface area contributed by atoms with Crippen LogP contribution in [0.25, 0.3) is 0 Å². The Balaban J connectivity index is 1.39. The third-order valence-electron chi connectivity index (χ3n) is 6.03. The van der Waals surface area contributed by atoms with Crippen molar-refractivity contribution in [2.24, 2.45) is 4.99 Å². The van der Waals surface area contributed by atoms with E-state index < -0.39 is 0 Å². The lowest BCUT2D eigenvalue weighted by Gasteiger charge is -2.33. The second kappa shape index (κ2) is 11.2. The second-order valence-electron chi connectivity index (χ2n) is 8.16. The van der Waals surface area contributed by atoms with E-state index >= 15 is 0 Å². The van der Waals surface area contributed by atoms with Gasteiger partial charge in [-0.15, -0.1) is 0 Å². The molecule has 0 amide bonds. The number of rotatable bonds is 7. The van der Waals surface area contributed by atoms with Crippen LogP contribution in [0, 0.1) is 0 Å². The topological polar surface area (TPSA) is 55.8 Å². The lowest BCUT2D eigenvalue weighted by atomic mass is 10.0. The first-order valence-corrected chi connectivity index (χ1v) is 11.1. The highest BCUT2D eigenvalue weighted by molar-refractivity contribution is 5.79. The summed E-state index contributed by atoms with van der Waals surface area (Å²) < 4.78 is 0.